The highest BCUT2D eigenvalue weighted by molar-refractivity contribution is 6.31. The lowest BCUT2D eigenvalue weighted by Gasteiger charge is -2.11. The van der Waals surface area contributed by atoms with E-state index in [4.69, 9.17) is 20.8 Å². The predicted molar refractivity (Wildman–Crippen MR) is 96.3 cm³/mol. The van der Waals surface area contributed by atoms with Crippen molar-refractivity contribution < 1.29 is 31.9 Å². The summed E-state index contributed by atoms with van der Waals surface area (Å²) in [4.78, 5) is 24.1. The number of esters is 1. The standard InChI is InChI=1S/C19H13ClF3NO4/c1-10-12-4-2-3-5-15(12)28-17(10)18(26)27-9-16(25)24-11-6-7-14(20)13(8-11)19(21,22)23/h2-8H,9H2,1H3,(H,24,25). The second-order valence-electron chi connectivity index (χ2n) is 5.87. The minimum Gasteiger partial charge on any atom is -0.450 e. The lowest BCUT2D eigenvalue weighted by Crippen LogP contribution is -2.21. The summed E-state index contributed by atoms with van der Waals surface area (Å²) < 4.78 is 48.9. The first-order chi connectivity index (χ1) is 13.2. The molecule has 9 heteroatoms. The number of ether oxygens (including phenoxy) is 1. The minimum absolute atomic E-state index is 0.0418. The number of benzene rings is 2. The van der Waals surface area contributed by atoms with Gasteiger partial charge in [0.05, 0.1) is 10.6 Å². The second kappa shape index (κ2) is 7.55. The zero-order chi connectivity index (χ0) is 20.5. The van der Waals surface area contributed by atoms with Crippen LogP contribution in [0.25, 0.3) is 11.0 Å². The highest BCUT2D eigenvalue weighted by Crippen LogP contribution is 2.36. The van der Waals surface area contributed by atoms with Crippen LogP contribution in [0.1, 0.15) is 21.7 Å². The average molecular weight is 412 g/mol. The van der Waals surface area contributed by atoms with Crippen molar-refractivity contribution in [3.05, 3.63) is 64.4 Å². The van der Waals surface area contributed by atoms with Crippen molar-refractivity contribution in [1.29, 1.82) is 0 Å². The molecule has 5 nitrogen and oxygen atoms in total. The summed E-state index contributed by atoms with van der Waals surface area (Å²) in [6, 6.07) is 9.92. The van der Waals surface area contributed by atoms with Crippen LogP contribution in [0.5, 0.6) is 0 Å². The van der Waals surface area contributed by atoms with Crippen LogP contribution >= 0.6 is 11.6 Å². The molecule has 0 aliphatic rings. The lowest BCUT2D eigenvalue weighted by atomic mass is 10.1. The summed E-state index contributed by atoms with van der Waals surface area (Å²) in [5.41, 5.74) is -0.148. The Bertz CT molecular complexity index is 1060. The summed E-state index contributed by atoms with van der Waals surface area (Å²) in [6.07, 6.45) is -4.66. The van der Waals surface area contributed by atoms with Crippen molar-refractivity contribution in [3.63, 3.8) is 0 Å². The van der Waals surface area contributed by atoms with Gasteiger partial charge >= 0.3 is 12.1 Å². The Labute approximate surface area is 162 Å². The normalized spacial score (nSPS) is 11.5. The molecule has 1 N–H and O–H groups in total. The maximum absolute atomic E-state index is 12.9. The number of alkyl halides is 3. The Morgan fingerprint density at radius 3 is 2.57 bits per heavy atom. The Hall–Kier alpha value is -3.00. The number of para-hydroxylation sites is 1. The monoisotopic (exact) mass is 411 g/mol. The number of fused-ring (bicyclic) bond motifs is 1. The number of hydrogen-bond acceptors (Lipinski definition) is 4. The number of furan rings is 1. The molecule has 1 amide bonds. The number of aryl methyl sites for hydroxylation is 1. The Balaban J connectivity index is 1.66. The molecule has 0 radical (unpaired) electrons. The Morgan fingerprint density at radius 1 is 1.18 bits per heavy atom. The summed E-state index contributed by atoms with van der Waals surface area (Å²) in [6.45, 7) is 0.980. The van der Waals surface area contributed by atoms with Gasteiger partial charge in [0, 0.05) is 16.6 Å². The van der Waals surface area contributed by atoms with Crippen LogP contribution in [-0.4, -0.2) is 18.5 Å². The quantitative estimate of drug-likeness (QED) is 0.598. The Kier molecular flexibility index (Phi) is 5.33. The third kappa shape index (κ3) is 4.12. The summed E-state index contributed by atoms with van der Waals surface area (Å²) in [7, 11) is 0. The molecule has 0 saturated carbocycles. The summed E-state index contributed by atoms with van der Waals surface area (Å²) in [5.74, 6) is -1.70. The largest absolute Gasteiger partial charge is 0.450 e. The first kappa shape index (κ1) is 19.8. The Morgan fingerprint density at radius 2 is 1.89 bits per heavy atom. The van der Waals surface area contributed by atoms with Crippen molar-refractivity contribution >= 4 is 40.1 Å². The smallest absolute Gasteiger partial charge is 0.417 e. The number of nitrogens with one attached hydrogen (secondary N) is 1. The van der Waals surface area contributed by atoms with E-state index in [1.807, 2.05) is 0 Å². The van der Waals surface area contributed by atoms with E-state index < -0.39 is 35.2 Å². The third-order valence-corrected chi connectivity index (χ3v) is 4.25. The van der Waals surface area contributed by atoms with Gasteiger partial charge in [-0.1, -0.05) is 29.8 Å². The van der Waals surface area contributed by atoms with Gasteiger partial charge in [0.15, 0.2) is 6.61 Å². The van der Waals surface area contributed by atoms with Gasteiger partial charge in [-0.15, -0.1) is 0 Å². The van der Waals surface area contributed by atoms with Gasteiger partial charge in [0.25, 0.3) is 5.91 Å². The fourth-order valence-corrected chi connectivity index (χ4v) is 2.81. The molecule has 2 aromatic carbocycles. The van der Waals surface area contributed by atoms with Gasteiger partial charge in [-0.2, -0.15) is 13.2 Å². The molecule has 0 atom stereocenters. The van der Waals surface area contributed by atoms with Crippen LogP contribution < -0.4 is 5.32 Å². The van der Waals surface area contributed by atoms with E-state index in [0.717, 1.165) is 11.5 Å². The highest BCUT2D eigenvalue weighted by atomic mass is 35.5. The van der Waals surface area contributed by atoms with E-state index in [-0.39, 0.29) is 11.4 Å². The number of carbonyl (C=O) groups excluding carboxylic acids is 2. The van der Waals surface area contributed by atoms with E-state index >= 15 is 0 Å². The molecule has 0 spiro atoms. The van der Waals surface area contributed by atoms with Crippen molar-refractivity contribution in [3.8, 4) is 0 Å². The van der Waals surface area contributed by atoms with Crippen molar-refractivity contribution in [2.75, 3.05) is 11.9 Å². The number of anilines is 1. The number of carbonyl (C=O) groups is 2. The number of amides is 1. The molecule has 146 valence electrons. The molecule has 0 fully saturated rings. The SMILES string of the molecule is Cc1c(C(=O)OCC(=O)Nc2ccc(Cl)c(C(F)(F)F)c2)oc2ccccc12. The van der Waals surface area contributed by atoms with Crippen LogP contribution in [0.2, 0.25) is 5.02 Å². The molecule has 3 aromatic rings. The van der Waals surface area contributed by atoms with Crippen LogP contribution in [-0.2, 0) is 15.7 Å². The predicted octanol–water partition coefficient (Wildman–Crippen LogP) is 5.21. The topological polar surface area (TPSA) is 68.5 Å². The van der Waals surface area contributed by atoms with Gasteiger partial charge in [-0.25, -0.2) is 4.79 Å². The number of hydrogen-bond donors (Lipinski definition) is 1. The van der Waals surface area contributed by atoms with E-state index in [1.165, 1.54) is 6.07 Å². The zero-order valence-corrected chi connectivity index (χ0v) is 15.1. The fourth-order valence-electron chi connectivity index (χ4n) is 2.58. The molecule has 0 bridgehead atoms. The van der Waals surface area contributed by atoms with Crippen molar-refractivity contribution in [2.45, 2.75) is 13.1 Å². The molecule has 0 aliphatic heterocycles. The second-order valence-corrected chi connectivity index (χ2v) is 6.28. The third-order valence-electron chi connectivity index (χ3n) is 3.92. The van der Waals surface area contributed by atoms with E-state index in [9.17, 15) is 22.8 Å². The molecule has 1 heterocycles. The van der Waals surface area contributed by atoms with Crippen LogP contribution in [0.4, 0.5) is 18.9 Å². The average Bonchev–Trinajstić information content (AvgIpc) is 2.97. The minimum atomic E-state index is -4.66. The fraction of sp³-hybridized carbons (Fsp3) is 0.158. The van der Waals surface area contributed by atoms with Crippen LogP contribution in [0.15, 0.2) is 46.9 Å². The van der Waals surface area contributed by atoms with Crippen LogP contribution in [0, 0.1) is 6.92 Å². The van der Waals surface area contributed by atoms with Crippen molar-refractivity contribution in [2.24, 2.45) is 0 Å². The van der Waals surface area contributed by atoms with Crippen LogP contribution in [0.3, 0.4) is 0 Å². The van der Waals surface area contributed by atoms with Gasteiger partial charge in [0.2, 0.25) is 5.76 Å². The molecule has 0 aliphatic carbocycles. The molecule has 0 unspecified atom stereocenters. The zero-order valence-electron chi connectivity index (χ0n) is 14.4. The lowest BCUT2D eigenvalue weighted by molar-refractivity contribution is -0.137. The van der Waals surface area contributed by atoms with Crippen molar-refractivity contribution in [1.82, 2.24) is 0 Å². The number of rotatable bonds is 4. The maximum atomic E-state index is 12.9. The maximum Gasteiger partial charge on any atom is 0.417 e. The van der Waals surface area contributed by atoms with E-state index in [1.54, 1.807) is 31.2 Å². The summed E-state index contributed by atoms with van der Waals surface area (Å²) >= 11 is 5.52. The highest BCUT2D eigenvalue weighted by Gasteiger charge is 2.33. The molecular formula is C19H13ClF3NO4. The first-order valence-electron chi connectivity index (χ1n) is 7.98. The van der Waals surface area contributed by atoms with Gasteiger partial charge in [-0.05, 0) is 31.2 Å². The molecule has 1 aromatic heterocycles. The number of halogens is 4. The molecule has 28 heavy (non-hydrogen) atoms. The molecule has 3 rings (SSSR count). The van der Waals surface area contributed by atoms with Gasteiger partial charge in [0.1, 0.15) is 5.58 Å². The molecule has 0 saturated heterocycles. The molecular weight excluding hydrogens is 399 g/mol. The van der Waals surface area contributed by atoms with Gasteiger partial charge in [-0.3, -0.25) is 4.79 Å². The summed E-state index contributed by atoms with van der Waals surface area (Å²) in [5, 5.41) is 2.47. The first-order valence-corrected chi connectivity index (χ1v) is 8.36. The van der Waals surface area contributed by atoms with Gasteiger partial charge < -0.3 is 14.5 Å². The van der Waals surface area contributed by atoms with E-state index in [2.05, 4.69) is 5.32 Å². The van der Waals surface area contributed by atoms with E-state index in [0.29, 0.717) is 17.2 Å².